The normalized spacial score (nSPS) is 10.8. The standard InChI is InChI=1S/C13H8FN2/c14-11-4-2-1-3-10(11)9-5-6-12-13(7-9)16-8-15-12/h1-2,4-8H,(H,15,16). The molecule has 1 aromatic heterocycles. The van der Waals surface area contributed by atoms with E-state index in [-0.39, 0.29) is 5.82 Å². The first-order valence-corrected chi connectivity index (χ1v) is 4.94. The Morgan fingerprint density at radius 2 is 2.19 bits per heavy atom. The van der Waals surface area contributed by atoms with Gasteiger partial charge in [-0.25, -0.2) is 9.37 Å². The molecule has 16 heavy (non-hydrogen) atoms. The molecule has 0 amide bonds. The van der Waals surface area contributed by atoms with Crippen LogP contribution in [0.1, 0.15) is 0 Å². The van der Waals surface area contributed by atoms with Crippen LogP contribution >= 0.6 is 0 Å². The molecule has 2 aromatic carbocycles. The molecule has 0 atom stereocenters. The zero-order valence-electron chi connectivity index (χ0n) is 8.37. The van der Waals surface area contributed by atoms with E-state index in [1.165, 1.54) is 6.07 Å². The van der Waals surface area contributed by atoms with E-state index in [1.54, 1.807) is 18.5 Å². The van der Waals surface area contributed by atoms with E-state index in [1.807, 2.05) is 18.2 Å². The van der Waals surface area contributed by atoms with Gasteiger partial charge in [0.05, 0.1) is 17.4 Å². The summed E-state index contributed by atoms with van der Waals surface area (Å²) in [5.41, 5.74) is 3.06. The number of benzene rings is 2. The van der Waals surface area contributed by atoms with Crippen molar-refractivity contribution in [3.05, 3.63) is 54.6 Å². The molecule has 0 aliphatic rings. The second kappa shape index (κ2) is 3.45. The largest absolute Gasteiger partial charge is 0.345 e. The highest BCUT2D eigenvalue weighted by Crippen LogP contribution is 2.24. The molecule has 2 nitrogen and oxygen atoms in total. The molecular formula is C13H8FN2. The molecule has 0 aliphatic carbocycles. The molecule has 1 N–H and O–H groups in total. The Labute approximate surface area is 91.8 Å². The number of fused-ring (bicyclic) bond motifs is 1. The van der Waals surface area contributed by atoms with E-state index in [9.17, 15) is 4.39 Å². The van der Waals surface area contributed by atoms with Crippen molar-refractivity contribution >= 4 is 11.0 Å². The number of imidazole rings is 1. The van der Waals surface area contributed by atoms with E-state index >= 15 is 0 Å². The molecule has 0 bridgehead atoms. The Morgan fingerprint density at radius 1 is 1.25 bits per heavy atom. The lowest BCUT2D eigenvalue weighted by Gasteiger charge is -2.02. The fourth-order valence-corrected chi connectivity index (χ4v) is 1.73. The van der Waals surface area contributed by atoms with Crippen molar-refractivity contribution in [2.24, 2.45) is 0 Å². The van der Waals surface area contributed by atoms with Gasteiger partial charge in [0.15, 0.2) is 0 Å². The molecule has 0 saturated heterocycles. The zero-order valence-corrected chi connectivity index (χ0v) is 8.37. The maximum absolute atomic E-state index is 13.5. The first-order valence-electron chi connectivity index (χ1n) is 4.94. The quantitative estimate of drug-likeness (QED) is 0.658. The molecule has 0 spiro atoms. The second-order valence-electron chi connectivity index (χ2n) is 3.53. The van der Waals surface area contributed by atoms with E-state index in [4.69, 9.17) is 0 Å². The van der Waals surface area contributed by atoms with Crippen LogP contribution in [0.3, 0.4) is 0 Å². The number of hydrogen-bond donors (Lipinski definition) is 1. The van der Waals surface area contributed by atoms with Crippen LogP contribution < -0.4 is 0 Å². The number of hydrogen-bond acceptors (Lipinski definition) is 1. The first-order chi connectivity index (χ1) is 7.84. The Morgan fingerprint density at radius 3 is 3.06 bits per heavy atom. The third-order valence-electron chi connectivity index (χ3n) is 2.51. The lowest BCUT2D eigenvalue weighted by Crippen LogP contribution is -1.83. The summed E-state index contributed by atoms with van der Waals surface area (Å²) < 4.78 is 13.5. The highest BCUT2D eigenvalue weighted by molar-refractivity contribution is 5.81. The van der Waals surface area contributed by atoms with Crippen LogP contribution in [0.4, 0.5) is 4.39 Å². The summed E-state index contributed by atoms with van der Waals surface area (Å²) in [5, 5.41) is 0. The van der Waals surface area contributed by atoms with Crippen LogP contribution in [-0.2, 0) is 0 Å². The minimum Gasteiger partial charge on any atom is -0.345 e. The molecule has 0 unspecified atom stereocenters. The number of nitrogens with one attached hydrogen (secondary N) is 1. The molecule has 1 heterocycles. The number of aromatic nitrogens is 2. The zero-order chi connectivity index (χ0) is 11.0. The van der Waals surface area contributed by atoms with E-state index in [2.05, 4.69) is 16.0 Å². The molecule has 77 valence electrons. The monoisotopic (exact) mass is 211 g/mol. The maximum Gasteiger partial charge on any atom is 0.131 e. The summed E-state index contributed by atoms with van der Waals surface area (Å²) in [4.78, 5) is 7.12. The van der Waals surface area contributed by atoms with E-state index < -0.39 is 0 Å². The number of halogens is 1. The Hall–Kier alpha value is -2.16. The average molecular weight is 211 g/mol. The summed E-state index contributed by atoms with van der Waals surface area (Å²) >= 11 is 0. The van der Waals surface area contributed by atoms with Crippen LogP contribution in [0.2, 0.25) is 0 Å². The Balaban J connectivity index is 2.22. The molecular weight excluding hydrogens is 203 g/mol. The van der Waals surface area contributed by atoms with Crippen LogP contribution in [-0.4, -0.2) is 9.97 Å². The number of aromatic amines is 1. The van der Waals surface area contributed by atoms with E-state index in [0.717, 1.165) is 16.6 Å². The summed E-state index contributed by atoms with van der Waals surface area (Å²) in [6, 6.07) is 13.3. The predicted molar refractivity (Wildman–Crippen MR) is 60.3 cm³/mol. The third kappa shape index (κ3) is 1.37. The topological polar surface area (TPSA) is 28.7 Å². The van der Waals surface area contributed by atoms with Crippen molar-refractivity contribution in [1.82, 2.24) is 9.97 Å². The van der Waals surface area contributed by atoms with Gasteiger partial charge in [-0.15, -0.1) is 0 Å². The second-order valence-corrected chi connectivity index (χ2v) is 3.53. The SMILES string of the molecule is Fc1ccc[c]c1-c1ccc2nc[nH]c2c1. The molecule has 0 fully saturated rings. The van der Waals surface area contributed by atoms with Crippen molar-refractivity contribution in [3.63, 3.8) is 0 Å². The lowest BCUT2D eigenvalue weighted by atomic mass is 10.0. The lowest BCUT2D eigenvalue weighted by molar-refractivity contribution is 0.631. The summed E-state index contributed by atoms with van der Waals surface area (Å²) in [5.74, 6) is -0.263. The molecule has 0 saturated carbocycles. The van der Waals surface area contributed by atoms with E-state index in [0.29, 0.717) is 5.56 Å². The van der Waals surface area contributed by atoms with Crippen molar-refractivity contribution in [2.45, 2.75) is 0 Å². The fraction of sp³-hybridized carbons (Fsp3) is 0. The smallest absolute Gasteiger partial charge is 0.131 e. The van der Waals surface area contributed by atoms with Gasteiger partial charge in [0, 0.05) is 5.56 Å². The highest BCUT2D eigenvalue weighted by atomic mass is 19.1. The van der Waals surface area contributed by atoms with Gasteiger partial charge in [0.2, 0.25) is 0 Å². The summed E-state index contributed by atoms with van der Waals surface area (Å²) in [6.45, 7) is 0. The Kier molecular flexibility index (Phi) is 1.96. The molecule has 1 radical (unpaired) electrons. The van der Waals surface area contributed by atoms with Gasteiger partial charge in [0.25, 0.3) is 0 Å². The van der Waals surface area contributed by atoms with Crippen LogP contribution in [0.25, 0.3) is 22.2 Å². The third-order valence-corrected chi connectivity index (χ3v) is 2.51. The van der Waals surface area contributed by atoms with Crippen LogP contribution in [0, 0.1) is 11.9 Å². The first kappa shape index (κ1) is 9.09. The minimum absolute atomic E-state index is 0.263. The van der Waals surface area contributed by atoms with Crippen LogP contribution in [0.15, 0.2) is 42.7 Å². The number of nitrogens with zero attached hydrogens (tertiary/aromatic N) is 1. The summed E-state index contributed by atoms with van der Waals surface area (Å²) in [6.07, 6.45) is 1.62. The summed E-state index contributed by atoms with van der Waals surface area (Å²) in [7, 11) is 0. The predicted octanol–water partition coefficient (Wildman–Crippen LogP) is 3.17. The van der Waals surface area contributed by atoms with Gasteiger partial charge in [-0.1, -0.05) is 18.2 Å². The number of rotatable bonds is 1. The molecule has 3 rings (SSSR count). The van der Waals surface area contributed by atoms with Gasteiger partial charge in [-0.3, -0.25) is 0 Å². The molecule has 3 aromatic rings. The van der Waals surface area contributed by atoms with Crippen molar-refractivity contribution < 1.29 is 4.39 Å². The van der Waals surface area contributed by atoms with Gasteiger partial charge in [-0.2, -0.15) is 0 Å². The molecule has 0 aliphatic heterocycles. The molecule has 3 heteroatoms. The van der Waals surface area contributed by atoms with Crippen LogP contribution in [0.5, 0.6) is 0 Å². The average Bonchev–Trinajstić information content (AvgIpc) is 2.76. The van der Waals surface area contributed by atoms with Crippen molar-refractivity contribution in [2.75, 3.05) is 0 Å². The number of H-pyrrole nitrogens is 1. The fourth-order valence-electron chi connectivity index (χ4n) is 1.73. The minimum atomic E-state index is -0.263. The van der Waals surface area contributed by atoms with Crippen molar-refractivity contribution in [1.29, 1.82) is 0 Å². The van der Waals surface area contributed by atoms with Gasteiger partial charge < -0.3 is 4.98 Å². The highest BCUT2D eigenvalue weighted by Gasteiger charge is 2.05. The van der Waals surface area contributed by atoms with Gasteiger partial charge >= 0.3 is 0 Å². The Bertz CT molecular complexity index is 643. The van der Waals surface area contributed by atoms with Gasteiger partial charge in [0.1, 0.15) is 5.82 Å². The van der Waals surface area contributed by atoms with Crippen molar-refractivity contribution in [3.8, 4) is 11.1 Å². The maximum atomic E-state index is 13.5. The van der Waals surface area contributed by atoms with Gasteiger partial charge in [-0.05, 0) is 29.8 Å².